The van der Waals surface area contributed by atoms with E-state index in [1.54, 1.807) is 18.3 Å². The Hall–Kier alpha value is -2.90. The molecule has 36 heavy (non-hydrogen) atoms. The molecule has 2 rings (SSSR count). The highest BCUT2D eigenvalue weighted by molar-refractivity contribution is 7.50. The number of allylic oxidation sites excluding steroid dienone is 3. The zero-order valence-corrected chi connectivity index (χ0v) is 22.1. The lowest BCUT2D eigenvalue weighted by molar-refractivity contribution is -0.128. The number of nitrogens with one attached hydrogen (secondary N) is 2. The number of hydrogen-bond donors (Lipinski definition) is 3. The molecule has 3 N–H and O–H groups in total. The molecule has 2 amide bonds. The van der Waals surface area contributed by atoms with Crippen LogP contribution < -0.4 is 10.6 Å². The topological polar surface area (TPSA) is 135 Å². The van der Waals surface area contributed by atoms with Gasteiger partial charge in [0.15, 0.2) is 6.03 Å². The van der Waals surface area contributed by atoms with Crippen LogP contribution in [-0.2, 0) is 18.9 Å². The second-order valence-electron chi connectivity index (χ2n) is 8.60. The number of carboxylic acids is 1. The van der Waals surface area contributed by atoms with Crippen molar-refractivity contribution >= 4 is 38.2 Å². The van der Waals surface area contributed by atoms with Crippen LogP contribution in [0.15, 0.2) is 36.2 Å². The van der Waals surface area contributed by atoms with Crippen molar-refractivity contribution in [2.45, 2.75) is 65.4 Å². The Morgan fingerprint density at radius 2 is 1.94 bits per heavy atom. The van der Waals surface area contributed by atoms with Crippen molar-refractivity contribution in [3.8, 4) is 0 Å². The van der Waals surface area contributed by atoms with Crippen LogP contribution in [0.1, 0.15) is 75.2 Å². The molecule has 0 aliphatic heterocycles. The number of carbonyl (C=O) groups is 4. The molecule has 4 atom stereocenters. The number of nitrogens with zero attached hydrogens (tertiary/aromatic N) is 1. The SMILES string of the molecule is CCCCCC(C(=O)NCNC(=O)C1=CC=C(c2cncc(C(=O)O)c2)C1CC)C(CC)OPC=O. The van der Waals surface area contributed by atoms with E-state index in [1.807, 2.05) is 19.9 Å². The van der Waals surface area contributed by atoms with Crippen molar-refractivity contribution < 1.29 is 28.8 Å². The van der Waals surface area contributed by atoms with E-state index in [2.05, 4.69) is 22.5 Å². The number of amides is 2. The van der Waals surface area contributed by atoms with Gasteiger partial charge in [-0.15, -0.1) is 0 Å². The molecular weight excluding hydrogens is 481 g/mol. The molecule has 1 aliphatic rings. The highest BCUT2D eigenvalue weighted by Crippen LogP contribution is 2.36. The van der Waals surface area contributed by atoms with Gasteiger partial charge in [-0.25, -0.2) is 4.79 Å². The third kappa shape index (κ3) is 8.07. The summed E-state index contributed by atoms with van der Waals surface area (Å²) in [6, 6.07) is 2.26. The number of pyridine rings is 1. The fourth-order valence-corrected chi connectivity index (χ4v) is 4.94. The van der Waals surface area contributed by atoms with Crippen LogP contribution in [0.3, 0.4) is 0 Å². The van der Waals surface area contributed by atoms with Crippen molar-refractivity contribution in [2.75, 3.05) is 6.67 Å². The zero-order valence-electron chi connectivity index (χ0n) is 21.1. The number of rotatable bonds is 16. The van der Waals surface area contributed by atoms with E-state index in [1.165, 1.54) is 6.20 Å². The van der Waals surface area contributed by atoms with E-state index >= 15 is 0 Å². The molecule has 10 heteroatoms. The maximum Gasteiger partial charge on any atom is 0.337 e. The largest absolute Gasteiger partial charge is 0.478 e. The molecular formula is C26H36N3O6P. The van der Waals surface area contributed by atoms with Crippen molar-refractivity contribution in [1.29, 1.82) is 0 Å². The van der Waals surface area contributed by atoms with Crippen LogP contribution >= 0.6 is 8.81 Å². The van der Waals surface area contributed by atoms with Crippen LogP contribution in [0, 0.1) is 11.8 Å². The normalized spacial score (nSPS) is 16.8. The fourth-order valence-electron chi connectivity index (χ4n) is 4.38. The lowest BCUT2D eigenvalue weighted by Crippen LogP contribution is -2.44. The predicted octanol–water partition coefficient (Wildman–Crippen LogP) is 4.09. The summed E-state index contributed by atoms with van der Waals surface area (Å²) in [6.07, 6.45) is 10.9. The number of aromatic carboxylic acids is 1. The second-order valence-corrected chi connectivity index (χ2v) is 9.31. The summed E-state index contributed by atoms with van der Waals surface area (Å²) in [7, 11) is -0.306. The number of carboxylic acid groups (broad SMARTS) is 1. The van der Waals surface area contributed by atoms with Gasteiger partial charge in [-0.3, -0.25) is 19.4 Å². The fraction of sp³-hybridized carbons (Fsp3) is 0.500. The van der Waals surface area contributed by atoms with Gasteiger partial charge in [0.1, 0.15) is 0 Å². The Morgan fingerprint density at radius 3 is 2.58 bits per heavy atom. The van der Waals surface area contributed by atoms with Crippen molar-refractivity contribution in [3.05, 3.63) is 47.3 Å². The van der Waals surface area contributed by atoms with E-state index in [9.17, 15) is 24.3 Å². The van der Waals surface area contributed by atoms with Gasteiger partial charge >= 0.3 is 5.97 Å². The molecule has 196 valence electrons. The molecule has 0 saturated carbocycles. The number of carbonyl (C=O) groups excluding carboxylic acids is 3. The average molecular weight is 518 g/mol. The van der Waals surface area contributed by atoms with E-state index in [0.717, 1.165) is 24.8 Å². The third-order valence-corrected chi connectivity index (χ3v) is 6.80. The summed E-state index contributed by atoms with van der Waals surface area (Å²) in [6.45, 7) is 5.93. The Balaban J connectivity index is 1.98. The molecule has 1 aliphatic carbocycles. The average Bonchev–Trinajstić information content (AvgIpc) is 3.32. The highest BCUT2D eigenvalue weighted by atomic mass is 31.1. The van der Waals surface area contributed by atoms with Gasteiger partial charge in [-0.1, -0.05) is 52.2 Å². The lowest BCUT2D eigenvalue weighted by Gasteiger charge is -2.25. The maximum atomic E-state index is 12.9. The highest BCUT2D eigenvalue weighted by Gasteiger charge is 2.29. The summed E-state index contributed by atoms with van der Waals surface area (Å²) in [4.78, 5) is 52.0. The Morgan fingerprint density at radius 1 is 1.17 bits per heavy atom. The van der Waals surface area contributed by atoms with E-state index in [4.69, 9.17) is 4.52 Å². The van der Waals surface area contributed by atoms with Crippen molar-refractivity contribution in [1.82, 2.24) is 15.6 Å². The molecule has 0 bridgehead atoms. The van der Waals surface area contributed by atoms with E-state index < -0.39 is 11.9 Å². The molecule has 1 aromatic heterocycles. The van der Waals surface area contributed by atoms with Crippen molar-refractivity contribution in [2.24, 2.45) is 11.8 Å². The molecule has 1 heterocycles. The zero-order chi connectivity index (χ0) is 26.5. The van der Waals surface area contributed by atoms with Gasteiger partial charge in [-0.2, -0.15) is 0 Å². The number of hydrogen-bond acceptors (Lipinski definition) is 6. The smallest absolute Gasteiger partial charge is 0.337 e. The molecule has 0 saturated heterocycles. The number of unbranched alkanes of at least 4 members (excludes halogenated alkanes) is 2. The van der Waals surface area contributed by atoms with Crippen molar-refractivity contribution in [3.63, 3.8) is 0 Å². The summed E-state index contributed by atoms with van der Waals surface area (Å²) in [5.41, 5.74) is 2.12. The minimum Gasteiger partial charge on any atom is -0.478 e. The first-order valence-corrected chi connectivity index (χ1v) is 13.4. The summed E-state index contributed by atoms with van der Waals surface area (Å²) in [5, 5.41) is 14.8. The predicted molar refractivity (Wildman–Crippen MR) is 140 cm³/mol. The van der Waals surface area contributed by atoms with Crippen LogP contribution in [0.25, 0.3) is 5.57 Å². The Kier molecular flexibility index (Phi) is 12.4. The lowest BCUT2D eigenvalue weighted by atomic mass is 9.88. The Labute approximate surface area is 214 Å². The number of aromatic nitrogens is 1. The first-order valence-electron chi connectivity index (χ1n) is 12.4. The summed E-state index contributed by atoms with van der Waals surface area (Å²) >= 11 is 0. The van der Waals surface area contributed by atoms with Gasteiger partial charge in [0.25, 0.3) is 0 Å². The van der Waals surface area contributed by atoms with Crippen LogP contribution in [0.4, 0.5) is 0 Å². The minimum absolute atomic E-state index is 0.0342. The van der Waals surface area contributed by atoms with Gasteiger partial charge in [0.2, 0.25) is 11.8 Å². The van der Waals surface area contributed by atoms with Gasteiger partial charge < -0.3 is 20.3 Å². The van der Waals surface area contributed by atoms with Crippen LogP contribution in [0.2, 0.25) is 0 Å². The van der Waals surface area contributed by atoms with Gasteiger partial charge in [0, 0.05) is 23.9 Å². The third-order valence-electron chi connectivity index (χ3n) is 6.27. The van der Waals surface area contributed by atoms with Gasteiger partial charge in [-0.05, 0) is 36.5 Å². The summed E-state index contributed by atoms with van der Waals surface area (Å²) in [5.74, 6) is -2.19. The minimum atomic E-state index is -1.06. The van der Waals surface area contributed by atoms with Gasteiger partial charge in [0.05, 0.1) is 33.1 Å². The standard InChI is InChI=1S/C26H36N3O6P/c1-4-7-8-9-22(23(6-3)35-36-16-30)25(32)29-15-28-24(31)21-11-10-20(19(21)5-2)17-12-18(26(33)34)14-27-13-17/h10-14,16,19,22-23,36H,4-9,15H2,1-3H3,(H,28,31)(H,29,32)(H,33,34). The maximum absolute atomic E-state index is 12.9. The molecule has 0 radical (unpaired) electrons. The first-order chi connectivity index (χ1) is 17.4. The Bertz CT molecular complexity index is 994. The van der Waals surface area contributed by atoms with E-state index in [0.29, 0.717) is 36.4 Å². The monoisotopic (exact) mass is 517 g/mol. The molecule has 1 aromatic rings. The molecule has 0 spiro atoms. The molecule has 9 nitrogen and oxygen atoms in total. The molecule has 0 aromatic carbocycles. The van der Waals surface area contributed by atoms with Crippen LogP contribution in [-0.4, -0.2) is 46.7 Å². The van der Waals surface area contributed by atoms with Crippen LogP contribution in [0.5, 0.6) is 0 Å². The first kappa shape index (κ1) is 29.3. The second kappa shape index (κ2) is 15.3. The quantitative estimate of drug-likeness (QED) is 0.130. The molecule has 4 unspecified atom stereocenters. The van der Waals surface area contributed by atoms with E-state index in [-0.39, 0.29) is 44.9 Å². The summed E-state index contributed by atoms with van der Waals surface area (Å²) < 4.78 is 5.62. The molecule has 0 fully saturated rings.